The summed E-state index contributed by atoms with van der Waals surface area (Å²) in [5.74, 6) is 0. The van der Waals surface area contributed by atoms with E-state index in [2.05, 4.69) is 0 Å². The molecule has 0 saturated heterocycles. The van der Waals surface area contributed by atoms with Gasteiger partial charge in [-0.3, -0.25) is 8.53 Å². The summed E-state index contributed by atoms with van der Waals surface area (Å²) in [6.07, 6.45) is 3.29. The van der Waals surface area contributed by atoms with E-state index in [1.165, 1.54) is 3.97 Å². The molecule has 0 saturated carbocycles. The van der Waals surface area contributed by atoms with Gasteiger partial charge >= 0.3 is 0 Å². The third-order valence-electron chi connectivity index (χ3n) is 1.71. The van der Waals surface area contributed by atoms with Gasteiger partial charge in [-0.15, -0.1) is 0 Å². The molecule has 3 nitrogen and oxygen atoms in total. The highest BCUT2D eigenvalue weighted by Crippen LogP contribution is 2.14. The van der Waals surface area contributed by atoms with Gasteiger partial charge in [0.25, 0.3) is 11.3 Å². The molecule has 1 aromatic heterocycles. The van der Waals surface area contributed by atoms with Crippen molar-refractivity contribution < 1.29 is 8.76 Å². The van der Waals surface area contributed by atoms with E-state index in [1.54, 1.807) is 12.4 Å². The van der Waals surface area contributed by atoms with Gasteiger partial charge in [-0.2, -0.15) is 0 Å². The first-order valence-electron chi connectivity index (χ1n) is 3.45. The molecule has 1 aromatic carbocycles. The van der Waals surface area contributed by atoms with Crippen molar-refractivity contribution in [3.63, 3.8) is 0 Å². The van der Waals surface area contributed by atoms with E-state index in [-0.39, 0.29) is 0 Å². The number of benzene rings is 1. The predicted molar refractivity (Wildman–Crippen MR) is 48.1 cm³/mol. The molecule has 1 unspecified atom stereocenters. The van der Waals surface area contributed by atoms with Gasteiger partial charge in [-0.1, -0.05) is 24.3 Å². The van der Waals surface area contributed by atoms with Gasteiger partial charge in [0.2, 0.25) is 0 Å². The summed E-state index contributed by atoms with van der Waals surface area (Å²) >= 11 is -1.94. The predicted octanol–water partition coefficient (Wildman–Crippen LogP) is 1.63. The van der Waals surface area contributed by atoms with E-state index < -0.39 is 11.3 Å². The monoisotopic (exact) mass is 181 g/mol. The Morgan fingerprint density at radius 2 is 1.67 bits per heavy atom. The molecule has 62 valence electrons. The van der Waals surface area contributed by atoms with Gasteiger partial charge in [0.05, 0.1) is 0 Å². The van der Waals surface area contributed by atoms with Crippen LogP contribution < -0.4 is 0 Å². The van der Waals surface area contributed by atoms with Crippen LogP contribution in [0, 0.1) is 0 Å². The van der Waals surface area contributed by atoms with Crippen molar-refractivity contribution in [1.29, 1.82) is 0 Å². The Morgan fingerprint density at radius 3 is 2.08 bits per heavy atom. The molecule has 0 radical (unpaired) electrons. The zero-order chi connectivity index (χ0) is 8.55. The molecule has 0 bridgehead atoms. The number of rotatable bonds is 1. The van der Waals surface area contributed by atoms with Crippen LogP contribution in [0.3, 0.4) is 0 Å². The van der Waals surface area contributed by atoms with Crippen LogP contribution in [0.15, 0.2) is 36.7 Å². The number of hydrogen-bond donors (Lipinski definition) is 1. The van der Waals surface area contributed by atoms with Gasteiger partial charge in [-0.25, -0.2) is 4.21 Å². The summed E-state index contributed by atoms with van der Waals surface area (Å²) in [6, 6.07) is 7.59. The van der Waals surface area contributed by atoms with E-state index in [0.29, 0.717) is 0 Å². The lowest BCUT2D eigenvalue weighted by molar-refractivity contribution is 0.555. The van der Waals surface area contributed by atoms with Crippen LogP contribution in [-0.2, 0) is 11.3 Å². The maximum absolute atomic E-state index is 10.6. The van der Waals surface area contributed by atoms with Gasteiger partial charge in [0, 0.05) is 23.2 Å². The fourth-order valence-corrected chi connectivity index (χ4v) is 1.56. The van der Waals surface area contributed by atoms with E-state index in [0.717, 1.165) is 10.8 Å². The van der Waals surface area contributed by atoms with Gasteiger partial charge in [-0.05, 0) is 0 Å². The molecule has 0 aliphatic rings. The Bertz CT molecular complexity index is 402. The Balaban J connectivity index is 2.70. The second kappa shape index (κ2) is 2.73. The van der Waals surface area contributed by atoms with Gasteiger partial charge in [0.1, 0.15) is 0 Å². The van der Waals surface area contributed by atoms with Crippen LogP contribution in [0.4, 0.5) is 0 Å². The minimum absolute atomic E-state index is 0.972. The van der Waals surface area contributed by atoms with E-state index in [1.807, 2.05) is 24.3 Å². The molecule has 0 spiro atoms. The molecule has 2 aromatic rings. The minimum atomic E-state index is -1.94. The fraction of sp³-hybridized carbons (Fsp3) is 0. The van der Waals surface area contributed by atoms with E-state index in [4.69, 9.17) is 4.55 Å². The first-order chi connectivity index (χ1) is 5.77. The number of hydrogen-bond acceptors (Lipinski definition) is 1. The topological polar surface area (TPSA) is 42.2 Å². The smallest absolute Gasteiger partial charge is 0.265 e. The summed E-state index contributed by atoms with van der Waals surface area (Å²) in [5.41, 5.74) is 0. The van der Waals surface area contributed by atoms with Crippen molar-refractivity contribution in [3.8, 4) is 0 Å². The summed E-state index contributed by atoms with van der Waals surface area (Å²) in [6.45, 7) is 0. The number of aromatic nitrogens is 1. The zero-order valence-corrected chi connectivity index (χ0v) is 6.99. The van der Waals surface area contributed by atoms with Crippen LogP contribution in [-0.4, -0.2) is 12.7 Å². The molecule has 12 heavy (non-hydrogen) atoms. The van der Waals surface area contributed by atoms with Crippen molar-refractivity contribution >= 4 is 22.0 Å². The summed E-state index contributed by atoms with van der Waals surface area (Å²) < 4.78 is 20.7. The highest BCUT2D eigenvalue weighted by atomic mass is 32.2. The van der Waals surface area contributed by atoms with Crippen molar-refractivity contribution in [1.82, 2.24) is 3.97 Å². The van der Waals surface area contributed by atoms with Crippen LogP contribution in [0.5, 0.6) is 0 Å². The molecule has 0 aliphatic carbocycles. The molecule has 4 heteroatoms. The van der Waals surface area contributed by atoms with E-state index >= 15 is 0 Å². The summed E-state index contributed by atoms with van der Waals surface area (Å²) in [7, 11) is 0. The lowest BCUT2D eigenvalue weighted by Crippen LogP contribution is -1.97. The first-order valence-corrected chi connectivity index (χ1v) is 4.52. The molecule has 2 rings (SSSR count). The Labute approximate surface area is 72.0 Å². The maximum atomic E-state index is 10.6. The first kappa shape index (κ1) is 7.52. The maximum Gasteiger partial charge on any atom is 0.265 e. The average Bonchev–Trinajstić information content (AvgIpc) is 2.46. The molecular weight excluding hydrogens is 174 g/mol. The second-order valence-corrected chi connectivity index (χ2v) is 3.36. The van der Waals surface area contributed by atoms with Gasteiger partial charge < -0.3 is 0 Å². The van der Waals surface area contributed by atoms with Crippen LogP contribution in [0.1, 0.15) is 0 Å². The SMILES string of the molecule is O=S(O)n1cc2ccccc2c1. The molecule has 0 aliphatic heterocycles. The molecule has 0 amide bonds. The van der Waals surface area contributed by atoms with Crippen LogP contribution >= 0.6 is 0 Å². The highest BCUT2D eigenvalue weighted by molar-refractivity contribution is 7.77. The Kier molecular flexibility index (Phi) is 1.71. The third-order valence-corrected chi connectivity index (χ3v) is 2.28. The second-order valence-electron chi connectivity index (χ2n) is 2.48. The zero-order valence-electron chi connectivity index (χ0n) is 6.18. The van der Waals surface area contributed by atoms with Crippen molar-refractivity contribution in [3.05, 3.63) is 36.7 Å². The molecule has 1 atom stereocenters. The number of fused-ring (bicyclic) bond motifs is 1. The van der Waals surface area contributed by atoms with E-state index in [9.17, 15) is 4.21 Å². The molecule has 1 N–H and O–H groups in total. The fourth-order valence-electron chi connectivity index (χ4n) is 1.15. The van der Waals surface area contributed by atoms with Crippen molar-refractivity contribution in [2.75, 3.05) is 0 Å². The average molecular weight is 181 g/mol. The van der Waals surface area contributed by atoms with Crippen LogP contribution in [0.2, 0.25) is 0 Å². The standard InChI is InChI=1S/C8H7NO2S/c10-12(11)9-5-7-3-1-2-4-8(7)6-9/h1-6H,(H,10,11). The van der Waals surface area contributed by atoms with Gasteiger partial charge in [0.15, 0.2) is 0 Å². The normalized spacial score (nSPS) is 13.4. The molecule has 1 heterocycles. The molecular formula is C8H7NO2S. The lowest BCUT2D eigenvalue weighted by atomic mass is 10.2. The van der Waals surface area contributed by atoms with Crippen molar-refractivity contribution in [2.24, 2.45) is 0 Å². The Morgan fingerprint density at radius 1 is 1.17 bits per heavy atom. The largest absolute Gasteiger partial charge is 0.289 e. The Hall–Kier alpha value is -1.13. The minimum Gasteiger partial charge on any atom is -0.289 e. The lowest BCUT2D eigenvalue weighted by Gasteiger charge is -1.89. The third kappa shape index (κ3) is 1.15. The summed E-state index contributed by atoms with van der Waals surface area (Å²) in [5, 5.41) is 1.94. The highest BCUT2D eigenvalue weighted by Gasteiger charge is 1.99. The summed E-state index contributed by atoms with van der Waals surface area (Å²) in [4.78, 5) is 0. The van der Waals surface area contributed by atoms with Crippen molar-refractivity contribution in [2.45, 2.75) is 0 Å². The number of nitrogens with zero attached hydrogens (tertiary/aromatic N) is 1. The molecule has 0 fully saturated rings. The van der Waals surface area contributed by atoms with Crippen LogP contribution in [0.25, 0.3) is 10.8 Å². The quantitative estimate of drug-likeness (QED) is 0.679.